The molecule has 2 aromatic carbocycles. The number of nitrogens with zero attached hydrogens (tertiary/aromatic N) is 3. The number of para-hydroxylation sites is 2. The van der Waals surface area contributed by atoms with Crippen molar-refractivity contribution in [1.29, 1.82) is 0 Å². The Morgan fingerprint density at radius 3 is 2.73 bits per heavy atom. The lowest BCUT2D eigenvalue weighted by molar-refractivity contribution is -0.116. The fourth-order valence-electron chi connectivity index (χ4n) is 3.33. The van der Waals surface area contributed by atoms with E-state index in [1.165, 1.54) is 31.0 Å². The van der Waals surface area contributed by atoms with Gasteiger partial charge in [0.2, 0.25) is 5.91 Å². The Kier molecular flexibility index (Phi) is 6.34. The predicted molar refractivity (Wildman–Crippen MR) is 128 cm³/mol. The summed E-state index contributed by atoms with van der Waals surface area (Å²) in [4.78, 5) is 44.0. The summed E-state index contributed by atoms with van der Waals surface area (Å²) < 4.78 is 21.9. The Labute approximate surface area is 195 Å². The normalized spacial score (nSPS) is 11.0. The highest BCUT2D eigenvalue weighted by atomic mass is 32.2. The second-order valence-electron chi connectivity index (χ2n) is 7.03. The van der Waals surface area contributed by atoms with Gasteiger partial charge in [-0.05, 0) is 43.0 Å². The fraction of sp³-hybridized carbons (Fsp3) is 0.182. The smallest absolute Gasteiger partial charge is 0.337 e. The zero-order chi connectivity index (χ0) is 23.7. The number of rotatable bonds is 6. The van der Waals surface area contributed by atoms with Crippen molar-refractivity contribution in [2.75, 3.05) is 18.7 Å². The number of aryl methyl sites for hydroxylation is 1. The third-order valence-electron chi connectivity index (χ3n) is 4.94. The van der Waals surface area contributed by atoms with E-state index in [2.05, 4.69) is 10.3 Å². The standard InChI is InChI=1S/C22H19FN4O4S2/c1-12-8-9-13(23)10-14(12)24-17(28)11-26-19-18(33-21(25-19)32-3)20(29)27(22(26)30)15-6-4-5-7-16(15)31-2/h4-10H,11H2,1-3H3,(H,24,28). The first kappa shape index (κ1) is 22.7. The predicted octanol–water partition coefficient (Wildman–Crippen LogP) is 3.43. The van der Waals surface area contributed by atoms with Crippen molar-refractivity contribution in [3.8, 4) is 11.4 Å². The van der Waals surface area contributed by atoms with Crippen molar-refractivity contribution < 1.29 is 13.9 Å². The van der Waals surface area contributed by atoms with Gasteiger partial charge in [-0.25, -0.2) is 18.7 Å². The summed E-state index contributed by atoms with van der Waals surface area (Å²) in [5.41, 5.74) is 0.0590. The summed E-state index contributed by atoms with van der Waals surface area (Å²) in [6, 6.07) is 10.7. The Morgan fingerprint density at radius 1 is 1.24 bits per heavy atom. The zero-order valence-corrected chi connectivity index (χ0v) is 19.6. The number of thiazole rings is 1. The van der Waals surface area contributed by atoms with Crippen LogP contribution in [0.2, 0.25) is 0 Å². The van der Waals surface area contributed by atoms with E-state index in [4.69, 9.17) is 4.74 Å². The van der Waals surface area contributed by atoms with Crippen LogP contribution >= 0.6 is 23.1 Å². The molecule has 33 heavy (non-hydrogen) atoms. The van der Waals surface area contributed by atoms with E-state index in [9.17, 15) is 18.8 Å². The van der Waals surface area contributed by atoms with Gasteiger partial charge in [-0.15, -0.1) is 11.3 Å². The monoisotopic (exact) mass is 486 g/mol. The molecule has 0 aliphatic carbocycles. The number of fused-ring (bicyclic) bond motifs is 1. The molecule has 0 saturated carbocycles. The summed E-state index contributed by atoms with van der Waals surface area (Å²) in [6.45, 7) is 1.31. The summed E-state index contributed by atoms with van der Waals surface area (Å²) >= 11 is 2.47. The molecule has 0 fully saturated rings. The second-order valence-corrected chi connectivity index (χ2v) is 9.08. The maximum Gasteiger partial charge on any atom is 0.337 e. The van der Waals surface area contributed by atoms with Crippen LogP contribution in [0.1, 0.15) is 5.56 Å². The first-order valence-electron chi connectivity index (χ1n) is 9.73. The van der Waals surface area contributed by atoms with Gasteiger partial charge in [0.15, 0.2) is 9.99 Å². The van der Waals surface area contributed by atoms with Gasteiger partial charge in [0.1, 0.15) is 22.8 Å². The van der Waals surface area contributed by atoms with Gasteiger partial charge < -0.3 is 10.1 Å². The molecule has 4 rings (SSSR count). The minimum absolute atomic E-state index is 0.122. The number of hydrogen-bond donors (Lipinski definition) is 1. The number of hydrogen-bond acceptors (Lipinski definition) is 7. The molecule has 0 radical (unpaired) electrons. The number of halogens is 1. The molecule has 1 N–H and O–H groups in total. The van der Waals surface area contributed by atoms with Crippen LogP contribution in [0, 0.1) is 12.7 Å². The average Bonchev–Trinajstić information content (AvgIpc) is 3.24. The second kappa shape index (κ2) is 9.20. The van der Waals surface area contributed by atoms with Crippen LogP contribution < -0.4 is 21.3 Å². The molecule has 1 amide bonds. The van der Waals surface area contributed by atoms with Gasteiger partial charge in [-0.3, -0.25) is 14.2 Å². The molecule has 0 unspecified atom stereocenters. The van der Waals surface area contributed by atoms with E-state index in [0.29, 0.717) is 21.3 Å². The highest BCUT2D eigenvalue weighted by Gasteiger charge is 2.22. The highest BCUT2D eigenvalue weighted by Crippen LogP contribution is 2.26. The van der Waals surface area contributed by atoms with Crippen LogP contribution in [-0.4, -0.2) is 33.4 Å². The van der Waals surface area contributed by atoms with Crippen molar-refractivity contribution >= 4 is 45.0 Å². The summed E-state index contributed by atoms with van der Waals surface area (Å²) in [5, 5.41) is 2.63. The lowest BCUT2D eigenvalue weighted by atomic mass is 10.2. The van der Waals surface area contributed by atoms with Crippen LogP contribution in [0.5, 0.6) is 5.75 Å². The SMILES string of the molecule is COc1ccccc1-n1c(=O)c2sc(SC)nc2n(CC(=O)Nc2cc(F)ccc2C)c1=O. The molecule has 0 aliphatic heterocycles. The Bertz CT molecular complexity index is 1490. The molecule has 0 bridgehead atoms. The first-order chi connectivity index (χ1) is 15.8. The van der Waals surface area contributed by atoms with Crippen molar-refractivity contribution in [1.82, 2.24) is 14.1 Å². The summed E-state index contributed by atoms with van der Waals surface area (Å²) in [5.74, 6) is -0.725. The number of methoxy groups -OCH3 is 1. The number of aromatic nitrogens is 3. The number of thioether (sulfide) groups is 1. The van der Waals surface area contributed by atoms with Gasteiger partial charge in [0.25, 0.3) is 5.56 Å². The number of benzene rings is 2. The molecule has 2 heterocycles. The summed E-state index contributed by atoms with van der Waals surface area (Å²) in [6.07, 6.45) is 1.80. The molecule has 0 saturated heterocycles. The maximum atomic E-state index is 13.6. The van der Waals surface area contributed by atoms with Crippen LogP contribution in [0.25, 0.3) is 16.0 Å². The van der Waals surface area contributed by atoms with E-state index < -0.39 is 29.5 Å². The molecule has 170 valence electrons. The Balaban J connectivity index is 1.87. The molecule has 11 heteroatoms. The van der Waals surface area contributed by atoms with Crippen molar-refractivity contribution in [3.63, 3.8) is 0 Å². The zero-order valence-electron chi connectivity index (χ0n) is 17.9. The average molecular weight is 487 g/mol. The van der Waals surface area contributed by atoms with Gasteiger partial charge >= 0.3 is 5.69 Å². The minimum atomic E-state index is -0.735. The third-order valence-corrected chi connectivity index (χ3v) is 6.96. The van der Waals surface area contributed by atoms with E-state index in [1.807, 2.05) is 0 Å². The Hall–Kier alpha value is -3.44. The molecule has 2 aromatic heterocycles. The quantitative estimate of drug-likeness (QED) is 0.420. The van der Waals surface area contributed by atoms with E-state index >= 15 is 0 Å². The Morgan fingerprint density at radius 2 is 2.00 bits per heavy atom. The lowest BCUT2D eigenvalue weighted by Gasteiger charge is -2.14. The number of amides is 1. The number of ether oxygens (including phenoxy) is 1. The molecule has 0 atom stereocenters. The molecular formula is C22H19FN4O4S2. The molecule has 8 nitrogen and oxygen atoms in total. The number of carbonyl (C=O) groups is 1. The van der Waals surface area contributed by atoms with E-state index in [-0.39, 0.29) is 16.0 Å². The van der Waals surface area contributed by atoms with Crippen molar-refractivity contribution in [3.05, 3.63) is 74.7 Å². The maximum absolute atomic E-state index is 13.6. The van der Waals surface area contributed by atoms with Crippen molar-refractivity contribution in [2.45, 2.75) is 17.8 Å². The molecular weight excluding hydrogens is 467 g/mol. The molecule has 4 aromatic rings. The molecule has 0 spiro atoms. The lowest BCUT2D eigenvalue weighted by Crippen LogP contribution is -2.40. The van der Waals surface area contributed by atoms with Crippen LogP contribution in [-0.2, 0) is 11.3 Å². The fourth-order valence-corrected chi connectivity index (χ4v) is 4.83. The van der Waals surface area contributed by atoms with Crippen LogP contribution in [0.3, 0.4) is 0 Å². The minimum Gasteiger partial charge on any atom is -0.495 e. The topological polar surface area (TPSA) is 95.2 Å². The summed E-state index contributed by atoms with van der Waals surface area (Å²) in [7, 11) is 1.44. The van der Waals surface area contributed by atoms with Gasteiger partial charge in [0.05, 0.1) is 12.8 Å². The highest BCUT2D eigenvalue weighted by molar-refractivity contribution is 8.00. The first-order valence-corrected chi connectivity index (χ1v) is 11.8. The number of nitrogens with one attached hydrogen (secondary N) is 1. The van der Waals surface area contributed by atoms with E-state index in [0.717, 1.165) is 20.5 Å². The largest absolute Gasteiger partial charge is 0.495 e. The number of carbonyl (C=O) groups excluding carboxylic acids is 1. The van der Waals surface area contributed by atoms with Crippen molar-refractivity contribution in [2.24, 2.45) is 0 Å². The van der Waals surface area contributed by atoms with Gasteiger partial charge in [-0.2, -0.15) is 0 Å². The van der Waals surface area contributed by atoms with Gasteiger partial charge in [-0.1, -0.05) is 30.0 Å². The van der Waals surface area contributed by atoms with Crippen LogP contribution in [0.4, 0.5) is 10.1 Å². The number of anilines is 1. The van der Waals surface area contributed by atoms with Gasteiger partial charge in [0, 0.05) is 5.69 Å². The molecule has 0 aliphatic rings. The van der Waals surface area contributed by atoms with Crippen LogP contribution in [0.15, 0.2) is 56.4 Å². The third kappa shape index (κ3) is 4.29. The van der Waals surface area contributed by atoms with E-state index in [1.54, 1.807) is 43.5 Å².